The zero-order valence-corrected chi connectivity index (χ0v) is 27.4. The van der Waals surface area contributed by atoms with Crippen LogP contribution in [0.2, 0.25) is 0 Å². The number of aliphatic imine (C=N–C) groups is 3. The number of unbranched alkanes of at least 4 members (excludes halogenated alkanes) is 1. The molecular formula is C33H51FN6O3. The number of nitroso groups, excluding NO2 is 1. The Morgan fingerprint density at radius 1 is 1.23 bits per heavy atom. The van der Waals surface area contributed by atoms with Crippen LogP contribution >= 0.6 is 0 Å². The van der Waals surface area contributed by atoms with Crippen LogP contribution < -0.4 is 5.73 Å². The van der Waals surface area contributed by atoms with Crippen molar-refractivity contribution in [3.63, 3.8) is 0 Å². The van der Waals surface area contributed by atoms with Crippen molar-refractivity contribution in [1.29, 1.82) is 0 Å². The SMILES string of the molecule is C\C=C(C)/C(C)=C(/C=C(\C)N=O)\C=C(/C)C1N=C(OC[C@@]23CCCN2CC(F)C3)N=C(N)[C@]1(CC)C(=NC)OCCCC. The normalized spacial score (nSPS) is 29.6. The van der Waals surface area contributed by atoms with Gasteiger partial charge in [0, 0.05) is 20.0 Å². The Hall–Kier alpha value is -3.14. The van der Waals surface area contributed by atoms with E-state index in [9.17, 15) is 9.30 Å². The van der Waals surface area contributed by atoms with Gasteiger partial charge in [0.25, 0.3) is 0 Å². The van der Waals surface area contributed by atoms with Gasteiger partial charge in [-0.3, -0.25) is 9.89 Å². The predicted molar refractivity (Wildman–Crippen MR) is 174 cm³/mol. The van der Waals surface area contributed by atoms with Crippen molar-refractivity contribution in [1.82, 2.24) is 4.90 Å². The molecule has 0 bridgehead atoms. The van der Waals surface area contributed by atoms with Gasteiger partial charge in [0.2, 0.25) is 0 Å². The molecule has 0 radical (unpaired) electrons. The molecule has 3 aliphatic rings. The summed E-state index contributed by atoms with van der Waals surface area (Å²) in [5.74, 6) is 0.800. The first-order chi connectivity index (χ1) is 20.5. The maximum Gasteiger partial charge on any atom is 0.314 e. The maximum absolute atomic E-state index is 14.4. The number of fused-ring (bicyclic) bond motifs is 1. The third-order valence-electron chi connectivity index (χ3n) is 9.27. The minimum atomic E-state index is -0.943. The first kappa shape index (κ1) is 34.4. The Morgan fingerprint density at radius 3 is 2.60 bits per heavy atom. The van der Waals surface area contributed by atoms with Crippen LogP contribution in [0.3, 0.4) is 0 Å². The van der Waals surface area contributed by atoms with Crippen molar-refractivity contribution in [2.75, 3.05) is 33.4 Å². The highest BCUT2D eigenvalue weighted by atomic mass is 19.1. The molecule has 2 saturated heterocycles. The molecule has 0 saturated carbocycles. The Bertz CT molecular complexity index is 1250. The van der Waals surface area contributed by atoms with Gasteiger partial charge in [-0.05, 0) is 94.8 Å². The van der Waals surface area contributed by atoms with E-state index in [1.54, 1.807) is 20.0 Å². The topological polar surface area (TPSA) is 114 Å². The van der Waals surface area contributed by atoms with Gasteiger partial charge >= 0.3 is 6.02 Å². The summed E-state index contributed by atoms with van der Waals surface area (Å²) >= 11 is 0. The minimum Gasteiger partial charge on any atom is -0.480 e. The standard InChI is InChI=1S/C33H51FN6O3/c1-9-12-16-42-30(36-8)33(11-3)28(23(5)17-26(18-24(6)39-41)25(7)22(4)10-2)37-31(38-29(33)35)43-21-32-14-13-15-40(32)20-27(34)19-32/h10,17-18,27-28H,9,11-16,19-21H2,1-8H3,(H2,35,37,38)/b22-10-,23-17+,24-18+,26-25+,36-30?/t27?,28?,32-,33+/m0/s1. The quantitative estimate of drug-likeness (QED) is 0.0871. The maximum atomic E-state index is 14.4. The molecule has 2 unspecified atom stereocenters. The van der Waals surface area contributed by atoms with E-state index < -0.39 is 17.6 Å². The minimum absolute atomic E-state index is 0.181. The average Bonchev–Trinajstić information content (AvgIpc) is 3.52. The second kappa shape index (κ2) is 15.0. The summed E-state index contributed by atoms with van der Waals surface area (Å²) in [5.41, 5.74) is 9.73. The van der Waals surface area contributed by atoms with E-state index in [0.29, 0.717) is 50.0 Å². The molecule has 0 aromatic heterocycles. The van der Waals surface area contributed by atoms with Gasteiger partial charge < -0.3 is 15.2 Å². The van der Waals surface area contributed by atoms with Gasteiger partial charge in [-0.15, -0.1) is 4.91 Å². The molecule has 10 heteroatoms. The summed E-state index contributed by atoms with van der Waals surface area (Å²) < 4.78 is 27.0. The Labute approximate surface area is 257 Å². The molecule has 43 heavy (non-hydrogen) atoms. The number of alkyl halides is 1. The number of ether oxygens (including phenoxy) is 2. The molecule has 0 aromatic rings. The van der Waals surface area contributed by atoms with Crippen molar-refractivity contribution in [3.05, 3.63) is 51.1 Å². The fraction of sp³-hybridized carbons (Fsp3) is 0.667. The van der Waals surface area contributed by atoms with E-state index in [0.717, 1.165) is 54.5 Å². The molecule has 0 spiro atoms. The monoisotopic (exact) mass is 598 g/mol. The van der Waals surface area contributed by atoms with Crippen LogP contribution in [0.25, 0.3) is 0 Å². The molecule has 3 heterocycles. The Balaban J connectivity index is 2.13. The van der Waals surface area contributed by atoms with Crippen molar-refractivity contribution in [2.24, 2.45) is 31.3 Å². The largest absolute Gasteiger partial charge is 0.480 e. The molecule has 0 aromatic carbocycles. The van der Waals surface area contributed by atoms with Crippen molar-refractivity contribution in [3.8, 4) is 0 Å². The number of nitrogens with zero attached hydrogens (tertiary/aromatic N) is 5. The van der Waals surface area contributed by atoms with Crippen molar-refractivity contribution >= 4 is 17.8 Å². The molecule has 9 nitrogen and oxygen atoms in total. The summed E-state index contributed by atoms with van der Waals surface area (Å²) in [6.45, 7) is 16.0. The molecule has 3 rings (SSSR count). The second-order valence-corrected chi connectivity index (χ2v) is 12.0. The number of nitrogens with two attached hydrogens (primary N) is 1. The number of allylic oxidation sites excluding steroid dienone is 7. The zero-order chi connectivity index (χ0) is 31.8. The highest BCUT2D eigenvalue weighted by Crippen LogP contribution is 2.42. The molecule has 0 amide bonds. The van der Waals surface area contributed by atoms with Crippen LogP contribution in [0.15, 0.2) is 66.4 Å². The fourth-order valence-electron chi connectivity index (χ4n) is 6.54. The number of hydrogen-bond donors (Lipinski definition) is 1. The molecule has 4 atom stereocenters. The van der Waals surface area contributed by atoms with E-state index in [4.69, 9.17) is 20.2 Å². The van der Waals surface area contributed by atoms with Crippen LogP contribution in [0.4, 0.5) is 4.39 Å². The lowest BCUT2D eigenvalue weighted by molar-refractivity contribution is 0.104. The van der Waals surface area contributed by atoms with E-state index >= 15 is 0 Å². The van der Waals surface area contributed by atoms with Crippen LogP contribution in [-0.4, -0.2) is 73.8 Å². The third-order valence-corrected chi connectivity index (χ3v) is 9.27. The summed E-state index contributed by atoms with van der Waals surface area (Å²) in [4.78, 5) is 27.9. The van der Waals surface area contributed by atoms with E-state index in [-0.39, 0.29) is 11.6 Å². The van der Waals surface area contributed by atoms with Gasteiger partial charge in [-0.1, -0.05) is 38.0 Å². The van der Waals surface area contributed by atoms with Gasteiger partial charge in [-0.2, -0.15) is 4.99 Å². The third kappa shape index (κ3) is 7.33. The first-order valence-electron chi connectivity index (χ1n) is 15.6. The molecule has 2 fully saturated rings. The van der Waals surface area contributed by atoms with Crippen LogP contribution in [-0.2, 0) is 9.47 Å². The smallest absolute Gasteiger partial charge is 0.314 e. The van der Waals surface area contributed by atoms with Crippen molar-refractivity contribution < 1.29 is 13.9 Å². The number of hydrogen-bond acceptors (Lipinski definition) is 9. The molecule has 3 aliphatic heterocycles. The van der Waals surface area contributed by atoms with Gasteiger partial charge in [-0.25, -0.2) is 9.38 Å². The van der Waals surface area contributed by atoms with Crippen molar-refractivity contribution in [2.45, 2.75) is 105 Å². The van der Waals surface area contributed by atoms with Crippen LogP contribution in [0.1, 0.15) is 87.0 Å². The van der Waals surface area contributed by atoms with Crippen LogP contribution in [0, 0.1) is 10.3 Å². The Morgan fingerprint density at radius 2 is 1.98 bits per heavy atom. The van der Waals surface area contributed by atoms with Crippen LogP contribution in [0.5, 0.6) is 0 Å². The van der Waals surface area contributed by atoms with E-state index in [1.807, 2.05) is 46.8 Å². The summed E-state index contributed by atoms with van der Waals surface area (Å²) in [5, 5.41) is 3.13. The molecule has 2 N–H and O–H groups in total. The first-order valence-corrected chi connectivity index (χ1v) is 15.6. The second-order valence-electron chi connectivity index (χ2n) is 12.0. The number of halogens is 1. The zero-order valence-electron chi connectivity index (χ0n) is 27.4. The summed E-state index contributed by atoms with van der Waals surface area (Å²) in [7, 11) is 1.70. The van der Waals surface area contributed by atoms with Gasteiger partial charge in [0.05, 0.1) is 23.9 Å². The van der Waals surface area contributed by atoms with E-state index in [1.165, 1.54) is 0 Å². The van der Waals surface area contributed by atoms with Gasteiger partial charge in [0.15, 0.2) is 5.90 Å². The fourth-order valence-corrected chi connectivity index (χ4v) is 6.54. The molecule has 0 aliphatic carbocycles. The number of amidine groups is 2. The Kier molecular flexibility index (Phi) is 12.0. The molecule has 238 valence electrons. The lowest BCUT2D eigenvalue weighted by atomic mass is 9.72. The number of rotatable bonds is 12. The molecular weight excluding hydrogens is 547 g/mol. The summed E-state index contributed by atoms with van der Waals surface area (Å²) in [6.07, 6.45) is 9.71. The van der Waals surface area contributed by atoms with Gasteiger partial charge in [0.1, 0.15) is 24.0 Å². The average molecular weight is 599 g/mol. The lowest BCUT2D eigenvalue weighted by Crippen LogP contribution is -2.55. The lowest BCUT2D eigenvalue weighted by Gasteiger charge is -2.40. The van der Waals surface area contributed by atoms with E-state index in [2.05, 4.69) is 27.0 Å². The predicted octanol–water partition coefficient (Wildman–Crippen LogP) is 6.82. The highest BCUT2D eigenvalue weighted by Gasteiger charge is 2.52. The highest BCUT2D eigenvalue weighted by molar-refractivity contribution is 6.12. The summed E-state index contributed by atoms with van der Waals surface area (Å²) in [6, 6.07) is -0.369.